The standard InChI is InChI=1S/C9H9O2/c1-2-11-9-5-3-4-8(6-9)7-10/h3-6H,2H2,1H3. The summed E-state index contributed by atoms with van der Waals surface area (Å²) in [6.07, 6.45) is 1.80. The molecule has 1 aromatic rings. The van der Waals surface area contributed by atoms with Gasteiger partial charge in [-0.2, -0.15) is 0 Å². The SMILES string of the molecule is CCOc1cccc([C]=O)c1. The van der Waals surface area contributed by atoms with E-state index >= 15 is 0 Å². The predicted octanol–water partition coefficient (Wildman–Crippen LogP) is 1.54. The normalized spacial score (nSPS) is 9.18. The van der Waals surface area contributed by atoms with E-state index in [4.69, 9.17) is 4.74 Å². The minimum absolute atomic E-state index is 0.524. The van der Waals surface area contributed by atoms with E-state index in [0.29, 0.717) is 17.9 Å². The van der Waals surface area contributed by atoms with E-state index in [2.05, 4.69) is 0 Å². The predicted molar refractivity (Wildman–Crippen MR) is 42.4 cm³/mol. The van der Waals surface area contributed by atoms with Gasteiger partial charge in [0.1, 0.15) is 5.75 Å². The molecule has 1 aromatic carbocycles. The lowest BCUT2D eigenvalue weighted by Crippen LogP contribution is -1.91. The molecule has 0 spiro atoms. The lowest BCUT2D eigenvalue weighted by molar-refractivity contribution is 0.340. The summed E-state index contributed by atoms with van der Waals surface area (Å²) < 4.78 is 5.17. The van der Waals surface area contributed by atoms with Crippen molar-refractivity contribution in [1.29, 1.82) is 0 Å². The minimum atomic E-state index is 0.524. The van der Waals surface area contributed by atoms with E-state index in [1.807, 2.05) is 13.0 Å². The minimum Gasteiger partial charge on any atom is -0.494 e. The van der Waals surface area contributed by atoms with Gasteiger partial charge in [0, 0.05) is 5.56 Å². The molecule has 0 fully saturated rings. The Morgan fingerprint density at radius 3 is 3.00 bits per heavy atom. The Morgan fingerprint density at radius 1 is 1.55 bits per heavy atom. The van der Waals surface area contributed by atoms with Crippen LogP contribution in [-0.2, 0) is 4.79 Å². The Morgan fingerprint density at radius 2 is 2.36 bits per heavy atom. The molecular formula is C9H9O2. The molecule has 0 aliphatic heterocycles. The van der Waals surface area contributed by atoms with Gasteiger partial charge in [0.2, 0.25) is 6.29 Å². The zero-order valence-corrected chi connectivity index (χ0v) is 6.33. The monoisotopic (exact) mass is 149 g/mol. The molecule has 0 bridgehead atoms. The maximum Gasteiger partial charge on any atom is 0.233 e. The van der Waals surface area contributed by atoms with Crippen LogP contribution in [0, 0.1) is 0 Å². The molecule has 0 aliphatic carbocycles. The zero-order valence-electron chi connectivity index (χ0n) is 6.33. The molecule has 0 unspecified atom stereocenters. The van der Waals surface area contributed by atoms with Crippen LogP contribution in [0.15, 0.2) is 24.3 Å². The molecule has 0 atom stereocenters. The van der Waals surface area contributed by atoms with Gasteiger partial charge in [-0.15, -0.1) is 0 Å². The first-order valence-electron chi connectivity index (χ1n) is 3.48. The van der Waals surface area contributed by atoms with Gasteiger partial charge < -0.3 is 4.74 Å². The van der Waals surface area contributed by atoms with E-state index in [1.54, 1.807) is 24.5 Å². The van der Waals surface area contributed by atoms with Gasteiger partial charge in [-0.3, -0.25) is 4.79 Å². The second-order valence-corrected chi connectivity index (χ2v) is 2.06. The average molecular weight is 149 g/mol. The number of carbonyl (C=O) groups excluding carboxylic acids is 1. The van der Waals surface area contributed by atoms with Crippen LogP contribution in [0.2, 0.25) is 0 Å². The lowest BCUT2D eigenvalue weighted by atomic mass is 10.2. The summed E-state index contributed by atoms with van der Waals surface area (Å²) >= 11 is 0. The number of hydrogen-bond acceptors (Lipinski definition) is 2. The van der Waals surface area contributed by atoms with Gasteiger partial charge in [-0.25, -0.2) is 0 Å². The summed E-state index contributed by atoms with van der Waals surface area (Å²) in [5.74, 6) is 0.716. The van der Waals surface area contributed by atoms with Crippen LogP contribution in [-0.4, -0.2) is 12.9 Å². The molecule has 11 heavy (non-hydrogen) atoms. The number of ether oxygens (including phenoxy) is 1. The van der Waals surface area contributed by atoms with Crippen molar-refractivity contribution in [2.45, 2.75) is 6.92 Å². The van der Waals surface area contributed by atoms with Gasteiger partial charge >= 0.3 is 0 Å². The highest BCUT2D eigenvalue weighted by molar-refractivity contribution is 5.75. The van der Waals surface area contributed by atoms with Gasteiger partial charge in [0.15, 0.2) is 0 Å². The first kappa shape index (κ1) is 7.79. The molecule has 0 heterocycles. The molecule has 1 rings (SSSR count). The van der Waals surface area contributed by atoms with Crippen molar-refractivity contribution in [1.82, 2.24) is 0 Å². The zero-order chi connectivity index (χ0) is 8.10. The van der Waals surface area contributed by atoms with Crippen LogP contribution < -0.4 is 4.74 Å². The maximum atomic E-state index is 10.2. The molecule has 0 aliphatic rings. The largest absolute Gasteiger partial charge is 0.494 e. The molecule has 0 amide bonds. The van der Waals surface area contributed by atoms with Gasteiger partial charge in [-0.05, 0) is 19.1 Å². The topological polar surface area (TPSA) is 26.3 Å². The Hall–Kier alpha value is -1.31. The third-order valence-corrected chi connectivity index (χ3v) is 1.26. The van der Waals surface area contributed by atoms with Crippen LogP contribution in [0.4, 0.5) is 0 Å². The number of benzene rings is 1. The summed E-state index contributed by atoms with van der Waals surface area (Å²) in [5.41, 5.74) is 0.524. The molecule has 0 aromatic heterocycles. The maximum absolute atomic E-state index is 10.2. The molecule has 2 heteroatoms. The molecular weight excluding hydrogens is 140 g/mol. The summed E-state index contributed by atoms with van der Waals surface area (Å²) in [7, 11) is 0. The quantitative estimate of drug-likeness (QED) is 0.651. The first-order valence-corrected chi connectivity index (χ1v) is 3.48. The van der Waals surface area contributed by atoms with Crippen LogP contribution in [0.25, 0.3) is 0 Å². The Kier molecular flexibility index (Phi) is 2.66. The van der Waals surface area contributed by atoms with Crippen LogP contribution >= 0.6 is 0 Å². The second-order valence-electron chi connectivity index (χ2n) is 2.06. The van der Waals surface area contributed by atoms with E-state index in [1.165, 1.54) is 0 Å². The van der Waals surface area contributed by atoms with Crippen molar-refractivity contribution in [2.75, 3.05) is 6.61 Å². The van der Waals surface area contributed by atoms with Crippen molar-refractivity contribution < 1.29 is 9.53 Å². The fraction of sp³-hybridized carbons (Fsp3) is 0.222. The van der Waals surface area contributed by atoms with Crippen LogP contribution in [0.5, 0.6) is 5.75 Å². The Bertz CT molecular complexity index is 243. The molecule has 57 valence electrons. The van der Waals surface area contributed by atoms with E-state index in [9.17, 15) is 4.79 Å². The molecule has 0 saturated heterocycles. The number of hydrogen-bond donors (Lipinski definition) is 0. The fourth-order valence-corrected chi connectivity index (χ4v) is 0.816. The van der Waals surface area contributed by atoms with Crippen LogP contribution in [0.1, 0.15) is 12.5 Å². The van der Waals surface area contributed by atoms with Gasteiger partial charge in [0.05, 0.1) is 6.61 Å². The molecule has 0 N–H and O–H groups in total. The summed E-state index contributed by atoms with van der Waals surface area (Å²) in [6, 6.07) is 6.93. The van der Waals surface area contributed by atoms with E-state index in [0.717, 1.165) is 0 Å². The molecule has 0 saturated carbocycles. The summed E-state index contributed by atoms with van der Waals surface area (Å²) in [6.45, 7) is 2.51. The van der Waals surface area contributed by atoms with Crippen molar-refractivity contribution in [3.8, 4) is 5.75 Å². The van der Waals surface area contributed by atoms with Crippen molar-refractivity contribution >= 4 is 6.29 Å². The highest BCUT2D eigenvalue weighted by Gasteiger charge is 1.93. The first-order chi connectivity index (χ1) is 5.36. The smallest absolute Gasteiger partial charge is 0.233 e. The number of rotatable bonds is 3. The summed E-state index contributed by atoms with van der Waals surface area (Å²) in [5, 5.41) is 0. The Balaban J connectivity index is 2.82. The lowest BCUT2D eigenvalue weighted by Gasteiger charge is -2.01. The van der Waals surface area contributed by atoms with E-state index in [-0.39, 0.29) is 0 Å². The van der Waals surface area contributed by atoms with Crippen molar-refractivity contribution in [3.63, 3.8) is 0 Å². The van der Waals surface area contributed by atoms with Gasteiger partial charge in [-0.1, -0.05) is 12.1 Å². The van der Waals surface area contributed by atoms with E-state index < -0.39 is 0 Å². The fourth-order valence-electron chi connectivity index (χ4n) is 0.816. The third kappa shape index (κ3) is 2.08. The van der Waals surface area contributed by atoms with Crippen molar-refractivity contribution in [2.24, 2.45) is 0 Å². The van der Waals surface area contributed by atoms with Crippen LogP contribution in [0.3, 0.4) is 0 Å². The Labute approximate surface area is 65.8 Å². The van der Waals surface area contributed by atoms with Crippen molar-refractivity contribution in [3.05, 3.63) is 29.8 Å². The summed E-state index contributed by atoms with van der Waals surface area (Å²) in [4.78, 5) is 10.2. The average Bonchev–Trinajstić information content (AvgIpc) is 2.06. The highest BCUT2D eigenvalue weighted by Crippen LogP contribution is 2.11. The molecule has 1 radical (unpaired) electrons. The van der Waals surface area contributed by atoms with Gasteiger partial charge in [0.25, 0.3) is 0 Å². The highest BCUT2D eigenvalue weighted by atomic mass is 16.5. The molecule has 2 nitrogen and oxygen atoms in total. The second kappa shape index (κ2) is 3.76. The third-order valence-electron chi connectivity index (χ3n) is 1.26.